The van der Waals surface area contributed by atoms with Gasteiger partial charge in [0.1, 0.15) is 34.3 Å². The maximum absolute atomic E-state index is 15.7. The third kappa shape index (κ3) is 12.2. The maximum Gasteiger partial charge on any atom is 0.419 e. The lowest BCUT2D eigenvalue weighted by Gasteiger charge is -2.36. The molecule has 1 N–H and O–H groups in total. The van der Waals surface area contributed by atoms with Crippen LogP contribution in [0, 0.1) is 11.9 Å². The number of pyridine rings is 2. The van der Waals surface area contributed by atoms with Gasteiger partial charge in [0.05, 0.1) is 45.8 Å². The van der Waals surface area contributed by atoms with Crippen molar-refractivity contribution in [1.29, 1.82) is 0 Å². The molecule has 2 fully saturated rings. The van der Waals surface area contributed by atoms with Crippen molar-refractivity contribution in [3.05, 3.63) is 84.7 Å². The number of anilines is 2. The van der Waals surface area contributed by atoms with E-state index in [-0.39, 0.29) is 34.1 Å². The second kappa shape index (κ2) is 20.6. The largest absolute Gasteiger partial charge is 0.543 e. The van der Waals surface area contributed by atoms with E-state index in [1.54, 1.807) is 77.5 Å². The van der Waals surface area contributed by atoms with Crippen LogP contribution in [0.5, 0.6) is 11.5 Å². The molecule has 0 aliphatic carbocycles. The van der Waals surface area contributed by atoms with Crippen LogP contribution in [0.4, 0.5) is 30.0 Å². The van der Waals surface area contributed by atoms with Gasteiger partial charge in [-0.25, -0.2) is 28.7 Å². The van der Waals surface area contributed by atoms with Crippen molar-refractivity contribution in [2.75, 3.05) is 50.2 Å². The van der Waals surface area contributed by atoms with Crippen molar-refractivity contribution in [2.45, 2.75) is 130 Å². The molecule has 2 aliphatic rings. The number of fused-ring (bicyclic) bond motifs is 2. The Bertz CT molecular complexity index is 2900. The Kier molecular flexibility index (Phi) is 15.3. The molecule has 2 aliphatic heterocycles. The van der Waals surface area contributed by atoms with Crippen molar-refractivity contribution in [3.63, 3.8) is 0 Å². The monoisotopic (exact) mass is 996 g/mol. The molecule has 17 heteroatoms. The number of benzene rings is 2. The lowest BCUT2D eigenvalue weighted by molar-refractivity contribution is 0.0535. The Balaban J connectivity index is 0.000000213. The summed E-state index contributed by atoms with van der Waals surface area (Å²) >= 11 is 0. The van der Waals surface area contributed by atoms with Gasteiger partial charge in [0, 0.05) is 51.2 Å². The van der Waals surface area contributed by atoms with E-state index in [2.05, 4.69) is 43.8 Å². The molecule has 382 valence electrons. The molecule has 2 aromatic carbocycles. The number of aromatic nitrogens is 4. The highest BCUT2D eigenvalue weighted by molar-refractivity contribution is 6.74. The van der Waals surface area contributed by atoms with E-state index in [1.807, 2.05) is 48.8 Å². The molecule has 71 heavy (non-hydrogen) atoms. The van der Waals surface area contributed by atoms with Crippen LogP contribution in [-0.4, -0.2) is 109 Å². The van der Waals surface area contributed by atoms with E-state index < -0.39 is 43.6 Å². The summed E-state index contributed by atoms with van der Waals surface area (Å²) in [6.07, 6.45) is 2.83. The lowest BCUT2D eigenvalue weighted by Crippen LogP contribution is -2.43. The van der Waals surface area contributed by atoms with E-state index in [9.17, 15) is 14.7 Å². The second-order valence-electron chi connectivity index (χ2n) is 21.9. The molecule has 2 saturated heterocycles. The van der Waals surface area contributed by atoms with Crippen LogP contribution < -0.4 is 14.2 Å². The smallest absolute Gasteiger partial charge is 0.419 e. The molecule has 6 heterocycles. The van der Waals surface area contributed by atoms with Gasteiger partial charge in [-0.2, -0.15) is 8.78 Å². The summed E-state index contributed by atoms with van der Waals surface area (Å²) in [7, 11) is 1.30. The molecule has 2 atom stereocenters. The van der Waals surface area contributed by atoms with Gasteiger partial charge in [-0.1, -0.05) is 20.8 Å². The average molecular weight is 997 g/mol. The van der Waals surface area contributed by atoms with Crippen molar-refractivity contribution in [2.24, 2.45) is 0 Å². The lowest BCUT2D eigenvalue weighted by atomic mass is 10.1. The number of aromatic hydroxyl groups is 1. The third-order valence-electron chi connectivity index (χ3n) is 13.2. The van der Waals surface area contributed by atoms with Crippen LogP contribution in [0.1, 0.15) is 88.0 Å². The molecular weight excluding hydrogens is 927 g/mol. The fourth-order valence-electron chi connectivity index (χ4n) is 8.57. The topological polar surface area (TPSA) is 143 Å². The predicted octanol–water partition coefficient (Wildman–Crippen LogP) is 12.6. The predicted molar refractivity (Wildman–Crippen MR) is 277 cm³/mol. The number of phenolic OH excluding ortho intramolecular Hbond substituents is 1. The average Bonchev–Trinajstić information content (AvgIpc) is 3.86. The number of carbonyl (C=O) groups is 2. The van der Waals surface area contributed by atoms with Gasteiger partial charge in [-0.3, -0.25) is 0 Å². The van der Waals surface area contributed by atoms with Crippen molar-refractivity contribution in [1.82, 2.24) is 19.1 Å². The van der Waals surface area contributed by atoms with Gasteiger partial charge in [0.25, 0.3) is 0 Å². The van der Waals surface area contributed by atoms with E-state index in [0.29, 0.717) is 52.5 Å². The normalized spacial score (nSPS) is 17.0. The number of piperidine rings is 2. The SMILES string of the molecule is CO[C@H]1CCCN(c2ccc(-c3cc4cc(O)ccc4n3C(=O)OC(C)(C)C)c(F)n2)C1.CO[C@H]1CCCN(c2ccc(-c3cc4cc(O[Si](C)(C)C(C)(C)C)ccc4n3C(=O)OC(C)(C)C)c(F)n2)C1. The first-order chi connectivity index (χ1) is 33.3. The molecule has 0 amide bonds. The Morgan fingerprint density at radius 3 is 1.48 bits per heavy atom. The molecule has 0 radical (unpaired) electrons. The highest BCUT2D eigenvalue weighted by Gasteiger charge is 2.39. The van der Waals surface area contributed by atoms with Crippen molar-refractivity contribution in [3.8, 4) is 34.0 Å². The van der Waals surface area contributed by atoms with Gasteiger partial charge < -0.3 is 38.3 Å². The summed E-state index contributed by atoms with van der Waals surface area (Å²) in [4.78, 5) is 39.0. The molecule has 0 bridgehead atoms. The summed E-state index contributed by atoms with van der Waals surface area (Å²) < 4.78 is 62.4. The molecule has 0 saturated carbocycles. The Morgan fingerprint density at radius 2 is 1.07 bits per heavy atom. The number of methoxy groups -OCH3 is 2. The van der Waals surface area contributed by atoms with Crippen LogP contribution >= 0.6 is 0 Å². The number of rotatable bonds is 8. The molecule has 0 spiro atoms. The minimum Gasteiger partial charge on any atom is -0.543 e. The quantitative estimate of drug-likeness (QED) is 0.115. The molecule has 14 nitrogen and oxygen atoms in total. The van der Waals surface area contributed by atoms with Crippen LogP contribution in [-0.2, 0) is 18.9 Å². The highest BCUT2D eigenvalue weighted by Crippen LogP contribution is 2.40. The Labute approximate surface area is 416 Å². The zero-order chi connectivity index (χ0) is 51.8. The minimum atomic E-state index is -2.08. The van der Waals surface area contributed by atoms with Crippen LogP contribution in [0.15, 0.2) is 72.8 Å². The van der Waals surface area contributed by atoms with E-state index in [4.69, 9.17) is 23.4 Å². The molecule has 8 rings (SSSR count). The third-order valence-corrected chi connectivity index (χ3v) is 17.5. The van der Waals surface area contributed by atoms with Crippen molar-refractivity contribution >= 4 is 53.9 Å². The second-order valence-corrected chi connectivity index (χ2v) is 26.6. The molecule has 0 unspecified atom stereocenters. The first kappa shape index (κ1) is 52.8. The number of halogens is 2. The van der Waals surface area contributed by atoms with Crippen molar-refractivity contribution < 1.29 is 46.8 Å². The first-order valence-electron chi connectivity index (χ1n) is 24.3. The maximum atomic E-state index is 15.7. The minimum absolute atomic E-state index is 0.0315. The summed E-state index contributed by atoms with van der Waals surface area (Å²) in [6.45, 7) is 24.6. The molecular formula is C54H70F2N6O8Si. The number of phenols is 1. The summed E-state index contributed by atoms with van der Waals surface area (Å²) in [5, 5.41) is 11.3. The van der Waals surface area contributed by atoms with Gasteiger partial charge >= 0.3 is 12.2 Å². The number of nitrogens with zero attached hydrogens (tertiary/aromatic N) is 6. The number of carbonyl (C=O) groups excluding carboxylic acids is 2. The fraction of sp³-hybridized carbons (Fsp3) is 0.481. The van der Waals surface area contributed by atoms with Gasteiger partial charge in [-0.05, 0) is 158 Å². The van der Waals surface area contributed by atoms with Crippen LogP contribution in [0.25, 0.3) is 44.3 Å². The number of hydrogen-bond donors (Lipinski definition) is 1. The highest BCUT2D eigenvalue weighted by atomic mass is 28.4. The van der Waals surface area contributed by atoms with E-state index in [0.717, 1.165) is 49.9 Å². The summed E-state index contributed by atoms with van der Waals surface area (Å²) in [5.74, 6) is 0.552. The van der Waals surface area contributed by atoms with Gasteiger partial charge in [0.2, 0.25) is 20.2 Å². The zero-order valence-electron chi connectivity index (χ0n) is 43.5. The molecule has 4 aromatic heterocycles. The number of ether oxygens (including phenoxy) is 4. The van der Waals surface area contributed by atoms with Crippen LogP contribution in [0.2, 0.25) is 18.1 Å². The van der Waals surface area contributed by atoms with Crippen LogP contribution in [0.3, 0.4) is 0 Å². The Morgan fingerprint density at radius 1 is 0.634 bits per heavy atom. The van der Waals surface area contributed by atoms with Gasteiger partial charge in [0.15, 0.2) is 0 Å². The number of hydrogen-bond acceptors (Lipinski definition) is 12. The van der Waals surface area contributed by atoms with E-state index in [1.165, 1.54) is 21.3 Å². The van der Waals surface area contributed by atoms with E-state index >= 15 is 8.78 Å². The zero-order valence-corrected chi connectivity index (χ0v) is 44.5. The molecule has 6 aromatic rings. The first-order valence-corrected chi connectivity index (χ1v) is 27.2. The van der Waals surface area contributed by atoms with Gasteiger partial charge in [-0.15, -0.1) is 0 Å². The Hall–Kier alpha value is -6.04. The fourth-order valence-corrected chi connectivity index (χ4v) is 9.60. The summed E-state index contributed by atoms with van der Waals surface area (Å²) in [5.41, 5.74) is 0.776. The summed E-state index contributed by atoms with van der Waals surface area (Å²) in [6, 6.07) is 20.6. The standard InChI is InChI=1S/C30H42FN3O4Si.C24H28FN3O4/c1-29(2,3)37-28(35)34-24-14-12-21(38-39(8,9)30(4,5)6)17-20(24)18-25(34)23-13-15-26(32-27(23)31)33-16-10-11-22(19-33)36-7;1-24(2,3)32-23(30)28-19-9-7-16(29)12-15(19)13-20(28)18-8-10-21(26-22(18)25)27-11-5-6-17(14-27)31-4/h12-15,17-18,22H,10-11,16,19H2,1-9H3;7-10,12-13,17,29H,5-6,11,14H2,1-4H3/t22-;17-/m00/s1.